The van der Waals surface area contributed by atoms with Crippen LogP contribution < -0.4 is 4.72 Å². The molecule has 142 valence electrons. The van der Waals surface area contributed by atoms with E-state index in [1.165, 1.54) is 4.88 Å². The van der Waals surface area contributed by atoms with Crippen LogP contribution in [0, 0.1) is 20.8 Å². The van der Waals surface area contributed by atoms with E-state index >= 15 is 0 Å². The zero-order chi connectivity index (χ0) is 18.7. The van der Waals surface area contributed by atoms with Crippen LogP contribution in [0.25, 0.3) is 0 Å². The molecule has 1 aliphatic heterocycles. The van der Waals surface area contributed by atoms with Crippen LogP contribution in [0.1, 0.15) is 27.6 Å². The molecule has 1 aromatic heterocycles. The molecule has 2 aromatic rings. The van der Waals surface area contributed by atoms with Gasteiger partial charge in [0.1, 0.15) is 0 Å². The maximum atomic E-state index is 13.0. The molecule has 0 saturated carbocycles. The predicted molar refractivity (Wildman–Crippen MR) is 105 cm³/mol. The van der Waals surface area contributed by atoms with E-state index in [1.54, 1.807) is 11.3 Å². The highest BCUT2D eigenvalue weighted by Gasteiger charge is 2.27. The van der Waals surface area contributed by atoms with E-state index in [9.17, 15) is 8.42 Å². The summed E-state index contributed by atoms with van der Waals surface area (Å²) in [7, 11) is -3.57. The second-order valence-corrected chi connectivity index (χ2v) is 9.44. The van der Waals surface area contributed by atoms with Crippen molar-refractivity contribution in [3.05, 3.63) is 51.2 Å². The van der Waals surface area contributed by atoms with Crippen LogP contribution in [0.15, 0.2) is 34.5 Å². The van der Waals surface area contributed by atoms with Crippen molar-refractivity contribution in [2.75, 3.05) is 32.8 Å². The molecular formula is C19H26N2O3S2. The predicted octanol–water partition coefficient (Wildman–Crippen LogP) is 3.03. The number of nitrogens with one attached hydrogen (secondary N) is 1. The smallest absolute Gasteiger partial charge is 0.241 e. The van der Waals surface area contributed by atoms with Gasteiger partial charge in [0, 0.05) is 24.5 Å². The Morgan fingerprint density at radius 3 is 2.42 bits per heavy atom. The average Bonchev–Trinajstić information content (AvgIpc) is 3.09. The Labute approximate surface area is 160 Å². The fourth-order valence-corrected chi connectivity index (χ4v) is 5.98. The summed E-state index contributed by atoms with van der Waals surface area (Å²) in [4.78, 5) is 3.87. The molecule has 7 heteroatoms. The molecule has 0 aliphatic carbocycles. The summed E-state index contributed by atoms with van der Waals surface area (Å²) in [6.07, 6.45) is 0. The zero-order valence-corrected chi connectivity index (χ0v) is 17.1. The number of ether oxygens (including phenoxy) is 1. The first kappa shape index (κ1) is 19.5. The number of aryl methyl sites for hydroxylation is 3. The van der Waals surface area contributed by atoms with Crippen molar-refractivity contribution in [3.8, 4) is 0 Å². The SMILES string of the molecule is Cc1cc(C)c(S(=O)(=O)NC[C@H](c2cccs2)N2CCOCC2)c(C)c1. The lowest BCUT2D eigenvalue weighted by molar-refractivity contribution is 0.0179. The van der Waals surface area contributed by atoms with Gasteiger partial charge in [-0.2, -0.15) is 0 Å². The fourth-order valence-electron chi connectivity index (χ4n) is 3.63. The van der Waals surface area contributed by atoms with Crippen LogP contribution in [-0.2, 0) is 14.8 Å². The molecule has 0 amide bonds. The van der Waals surface area contributed by atoms with Crippen molar-refractivity contribution in [1.82, 2.24) is 9.62 Å². The molecule has 3 rings (SSSR count). The quantitative estimate of drug-likeness (QED) is 0.818. The molecular weight excluding hydrogens is 368 g/mol. The Morgan fingerprint density at radius 1 is 1.19 bits per heavy atom. The van der Waals surface area contributed by atoms with Gasteiger partial charge in [-0.3, -0.25) is 4.90 Å². The number of sulfonamides is 1. The first-order valence-corrected chi connectivity index (χ1v) is 11.2. The molecule has 5 nitrogen and oxygen atoms in total. The van der Waals surface area contributed by atoms with Gasteiger partial charge in [0.05, 0.1) is 24.2 Å². The fraction of sp³-hybridized carbons (Fsp3) is 0.474. The van der Waals surface area contributed by atoms with E-state index in [0.29, 0.717) is 24.7 Å². The lowest BCUT2D eigenvalue weighted by atomic mass is 10.1. The van der Waals surface area contributed by atoms with Crippen LogP contribution >= 0.6 is 11.3 Å². The zero-order valence-electron chi connectivity index (χ0n) is 15.5. The average molecular weight is 395 g/mol. The summed E-state index contributed by atoms with van der Waals surface area (Å²) in [5.41, 5.74) is 2.65. The minimum absolute atomic E-state index is 0.0275. The largest absolute Gasteiger partial charge is 0.379 e. The number of benzene rings is 1. The Morgan fingerprint density at radius 2 is 1.85 bits per heavy atom. The van der Waals surface area contributed by atoms with Crippen molar-refractivity contribution >= 4 is 21.4 Å². The molecule has 0 unspecified atom stereocenters. The second-order valence-electron chi connectivity index (χ2n) is 6.76. The first-order valence-electron chi connectivity index (χ1n) is 8.81. The summed E-state index contributed by atoms with van der Waals surface area (Å²) < 4.78 is 34.3. The Bertz CT molecular complexity index is 819. The summed E-state index contributed by atoms with van der Waals surface area (Å²) >= 11 is 1.66. The monoisotopic (exact) mass is 394 g/mol. The Hall–Kier alpha value is -1.25. The number of hydrogen-bond donors (Lipinski definition) is 1. The van der Waals surface area contributed by atoms with Gasteiger partial charge in [0.15, 0.2) is 0 Å². The first-order chi connectivity index (χ1) is 12.4. The van der Waals surface area contributed by atoms with Gasteiger partial charge in [-0.1, -0.05) is 23.8 Å². The van der Waals surface area contributed by atoms with E-state index in [0.717, 1.165) is 29.8 Å². The van der Waals surface area contributed by atoms with E-state index in [1.807, 2.05) is 44.4 Å². The van der Waals surface area contributed by atoms with Gasteiger partial charge < -0.3 is 4.74 Å². The minimum atomic E-state index is -3.57. The normalized spacial score (nSPS) is 17.3. The topological polar surface area (TPSA) is 58.6 Å². The highest BCUT2D eigenvalue weighted by Crippen LogP contribution is 2.27. The van der Waals surface area contributed by atoms with Crippen LogP contribution in [0.3, 0.4) is 0 Å². The molecule has 0 bridgehead atoms. The molecule has 1 atom stereocenters. The number of nitrogens with zero attached hydrogens (tertiary/aromatic N) is 1. The van der Waals surface area contributed by atoms with Gasteiger partial charge in [0.25, 0.3) is 0 Å². The molecule has 1 aromatic carbocycles. The van der Waals surface area contributed by atoms with Crippen molar-refractivity contribution < 1.29 is 13.2 Å². The standard InChI is InChI=1S/C19H26N2O3S2/c1-14-11-15(2)19(16(3)12-14)26(22,23)20-13-17(18-5-4-10-25-18)21-6-8-24-9-7-21/h4-5,10-12,17,20H,6-9,13H2,1-3H3/t17-/m1/s1. The van der Waals surface area contributed by atoms with Crippen LogP contribution in [0.5, 0.6) is 0 Å². The third-order valence-corrected chi connectivity index (χ3v) is 7.40. The van der Waals surface area contributed by atoms with Gasteiger partial charge in [0.2, 0.25) is 10.0 Å². The summed E-state index contributed by atoms with van der Waals surface area (Å²) in [5, 5.41) is 2.03. The van der Waals surface area contributed by atoms with Gasteiger partial charge in [-0.05, 0) is 43.3 Å². The van der Waals surface area contributed by atoms with Crippen LogP contribution in [0.2, 0.25) is 0 Å². The van der Waals surface area contributed by atoms with Crippen molar-refractivity contribution in [2.24, 2.45) is 0 Å². The molecule has 26 heavy (non-hydrogen) atoms. The minimum Gasteiger partial charge on any atom is -0.379 e. The summed E-state index contributed by atoms with van der Waals surface area (Å²) in [6, 6.07) is 7.94. The molecule has 1 saturated heterocycles. The maximum absolute atomic E-state index is 13.0. The van der Waals surface area contributed by atoms with Crippen molar-refractivity contribution in [1.29, 1.82) is 0 Å². The number of thiophene rings is 1. The molecule has 0 radical (unpaired) electrons. The second kappa shape index (κ2) is 8.19. The van der Waals surface area contributed by atoms with Crippen molar-refractivity contribution in [3.63, 3.8) is 0 Å². The number of morpholine rings is 1. The molecule has 2 heterocycles. The van der Waals surface area contributed by atoms with Crippen LogP contribution in [0.4, 0.5) is 0 Å². The third kappa shape index (κ3) is 4.35. The number of hydrogen-bond acceptors (Lipinski definition) is 5. The van der Waals surface area contributed by atoms with Gasteiger partial charge >= 0.3 is 0 Å². The Kier molecular flexibility index (Phi) is 6.14. The van der Waals surface area contributed by atoms with Gasteiger partial charge in [-0.25, -0.2) is 13.1 Å². The molecule has 1 fully saturated rings. The highest BCUT2D eigenvalue weighted by molar-refractivity contribution is 7.89. The van der Waals surface area contributed by atoms with Crippen molar-refractivity contribution in [2.45, 2.75) is 31.7 Å². The summed E-state index contributed by atoms with van der Waals surface area (Å²) in [5.74, 6) is 0. The lowest BCUT2D eigenvalue weighted by Crippen LogP contribution is -2.43. The summed E-state index contributed by atoms with van der Waals surface area (Å²) in [6.45, 7) is 9.04. The third-order valence-electron chi connectivity index (χ3n) is 4.70. The van der Waals surface area contributed by atoms with E-state index in [-0.39, 0.29) is 6.04 Å². The number of rotatable bonds is 6. The Balaban J connectivity index is 1.82. The van der Waals surface area contributed by atoms with E-state index < -0.39 is 10.0 Å². The molecule has 1 aliphatic rings. The van der Waals surface area contributed by atoms with Crippen LogP contribution in [-0.4, -0.2) is 46.2 Å². The molecule has 0 spiro atoms. The highest BCUT2D eigenvalue weighted by atomic mass is 32.2. The van der Waals surface area contributed by atoms with Gasteiger partial charge in [-0.15, -0.1) is 11.3 Å². The maximum Gasteiger partial charge on any atom is 0.241 e. The van der Waals surface area contributed by atoms with E-state index in [2.05, 4.69) is 15.7 Å². The van der Waals surface area contributed by atoms with E-state index in [4.69, 9.17) is 4.74 Å². The lowest BCUT2D eigenvalue weighted by Gasteiger charge is -2.34. The molecule has 1 N–H and O–H groups in total.